The van der Waals surface area contributed by atoms with E-state index in [1.165, 1.54) is 11.8 Å². The minimum atomic E-state index is -0.158. The van der Waals surface area contributed by atoms with Gasteiger partial charge in [-0.3, -0.25) is 14.2 Å². The Labute approximate surface area is 176 Å². The van der Waals surface area contributed by atoms with Crippen molar-refractivity contribution in [2.75, 3.05) is 32.6 Å². The summed E-state index contributed by atoms with van der Waals surface area (Å²) in [6.45, 7) is 7.26. The molecule has 0 bridgehead atoms. The summed E-state index contributed by atoms with van der Waals surface area (Å²) in [5.74, 6) is 0.651. The van der Waals surface area contributed by atoms with Crippen molar-refractivity contribution in [2.45, 2.75) is 38.5 Å². The first kappa shape index (κ1) is 22.9. The lowest BCUT2D eigenvalue weighted by atomic mass is 10.2. The molecule has 0 aliphatic carbocycles. The molecule has 1 N–H and O–H groups in total. The second-order valence-electron chi connectivity index (χ2n) is 6.74. The highest BCUT2D eigenvalue weighted by molar-refractivity contribution is 7.99. The number of nitrogens with one attached hydrogen (secondary N) is 1. The molecule has 0 spiro atoms. The molecule has 158 valence electrons. The van der Waals surface area contributed by atoms with Gasteiger partial charge in [-0.05, 0) is 20.8 Å². The number of thioether (sulfide) groups is 1. The van der Waals surface area contributed by atoms with E-state index in [4.69, 9.17) is 4.74 Å². The average Bonchev–Trinajstić information content (AvgIpc) is 3.11. The standard InChI is InChI=1S/C20H29N5O3S/c1-5-24(13-17(26)21-15(2)3)18(27)14-29-20-23-22-19(25(20)11-12-28-4)16-9-7-6-8-10-16/h6-10,15H,5,11-14H2,1-4H3,(H,21,26). The highest BCUT2D eigenvalue weighted by atomic mass is 32.2. The fraction of sp³-hybridized carbons (Fsp3) is 0.500. The number of carbonyl (C=O) groups excluding carboxylic acids is 2. The fourth-order valence-electron chi connectivity index (χ4n) is 2.72. The minimum Gasteiger partial charge on any atom is -0.383 e. The lowest BCUT2D eigenvalue weighted by Gasteiger charge is -2.21. The number of ether oxygens (including phenoxy) is 1. The largest absolute Gasteiger partial charge is 0.383 e. The third-order valence-electron chi connectivity index (χ3n) is 4.11. The lowest BCUT2D eigenvalue weighted by Crippen LogP contribution is -2.43. The SMILES string of the molecule is CCN(CC(=O)NC(C)C)C(=O)CSc1nnc(-c2ccccc2)n1CCOC. The highest BCUT2D eigenvalue weighted by Gasteiger charge is 2.19. The molecule has 0 aliphatic heterocycles. The summed E-state index contributed by atoms with van der Waals surface area (Å²) in [5, 5.41) is 12.0. The second kappa shape index (κ2) is 11.6. The molecule has 0 unspecified atom stereocenters. The van der Waals surface area contributed by atoms with Gasteiger partial charge in [0.15, 0.2) is 11.0 Å². The number of methoxy groups -OCH3 is 1. The van der Waals surface area contributed by atoms with Crippen LogP contribution in [0.1, 0.15) is 20.8 Å². The van der Waals surface area contributed by atoms with Crippen LogP contribution in [0, 0.1) is 0 Å². The normalized spacial score (nSPS) is 10.9. The van der Waals surface area contributed by atoms with Gasteiger partial charge in [-0.2, -0.15) is 0 Å². The van der Waals surface area contributed by atoms with Gasteiger partial charge in [-0.15, -0.1) is 10.2 Å². The predicted molar refractivity (Wildman–Crippen MR) is 114 cm³/mol. The van der Waals surface area contributed by atoms with Crippen molar-refractivity contribution in [3.8, 4) is 11.4 Å². The Morgan fingerprint density at radius 2 is 1.97 bits per heavy atom. The average molecular weight is 420 g/mol. The zero-order valence-electron chi connectivity index (χ0n) is 17.4. The minimum absolute atomic E-state index is 0.0430. The van der Waals surface area contributed by atoms with E-state index in [9.17, 15) is 9.59 Å². The van der Waals surface area contributed by atoms with Crippen LogP contribution in [0.3, 0.4) is 0 Å². The van der Waals surface area contributed by atoms with Crippen molar-refractivity contribution in [3.05, 3.63) is 30.3 Å². The first-order valence-corrected chi connectivity index (χ1v) is 10.6. The summed E-state index contributed by atoms with van der Waals surface area (Å²) in [5.41, 5.74) is 0.954. The third kappa shape index (κ3) is 6.86. The predicted octanol–water partition coefficient (Wildman–Crippen LogP) is 2.06. The maximum atomic E-state index is 12.6. The van der Waals surface area contributed by atoms with Crippen LogP contribution in [0.4, 0.5) is 0 Å². The number of benzene rings is 1. The zero-order chi connectivity index (χ0) is 21.2. The molecule has 2 amide bonds. The van der Waals surface area contributed by atoms with E-state index in [0.717, 1.165) is 11.4 Å². The number of hydrogen-bond donors (Lipinski definition) is 1. The fourth-order valence-corrected chi connectivity index (χ4v) is 3.58. The van der Waals surface area contributed by atoms with E-state index in [1.54, 1.807) is 12.0 Å². The zero-order valence-corrected chi connectivity index (χ0v) is 18.2. The monoisotopic (exact) mass is 419 g/mol. The number of carbonyl (C=O) groups is 2. The number of amides is 2. The molecule has 1 aromatic carbocycles. The van der Waals surface area contributed by atoms with Crippen molar-refractivity contribution in [1.82, 2.24) is 25.0 Å². The molecular weight excluding hydrogens is 390 g/mol. The van der Waals surface area contributed by atoms with Crippen LogP contribution in [-0.4, -0.2) is 70.1 Å². The van der Waals surface area contributed by atoms with Crippen molar-refractivity contribution in [3.63, 3.8) is 0 Å². The smallest absolute Gasteiger partial charge is 0.239 e. The molecule has 0 aliphatic rings. The molecule has 0 saturated heterocycles. The molecule has 2 aromatic rings. The quantitative estimate of drug-likeness (QED) is 0.561. The number of hydrogen-bond acceptors (Lipinski definition) is 6. The molecular formula is C20H29N5O3S. The summed E-state index contributed by atoms with van der Waals surface area (Å²) in [4.78, 5) is 26.1. The van der Waals surface area contributed by atoms with Crippen molar-refractivity contribution < 1.29 is 14.3 Å². The van der Waals surface area contributed by atoms with Gasteiger partial charge in [-0.1, -0.05) is 42.1 Å². The van der Waals surface area contributed by atoms with Crippen molar-refractivity contribution in [1.29, 1.82) is 0 Å². The molecule has 0 atom stereocenters. The van der Waals surface area contributed by atoms with Gasteiger partial charge in [0.2, 0.25) is 11.8 Å². The Balaban J connectivity index is 2.07. The van der Waals surface area contributed by atoms with Gasteiger partial charge in [-0.25, -0.2) is 0 Å². The highest BCUT2D eigenvalue weighted by Crippen LogP contribution is 2.24. The summed E-state index contributed by atoms with van der Waals surface area (Å²) in [6.07, 6.45) is 0. The van der Waals surface area contributed by atoms with Crippen LogP contribution in [0.2, 0.25) is 0 Å². The maximum absolute atomic E-state index is 12.6. The number of nitrogens with zero attached hydrogens (tertiary/aromatic N) is 4. The van der Waals surface area contributed by atoms with E-state index < -0.39 is 0 Å². The van der Waals surface area contributed by atoms with E-state index in [-0.39, 0.29) is 30.2 Å². The number of aromatic nitrogens is 3. The van der Waals surface area contributed by atoms with Gasteiger partial charge < -0.3 is 15.0 Å². The van der Waals surface area contributed by atoms with Crippen LogP contribution >= 0.6 is 11.8 Å². The van der Waals surface area contributed by atoms with E-state index in [2.05, 4.69) is 15.5 Å². The van der Waals surface area contributed by atoms with E-state index in [1.807, 2.05) is 55.7 Å². The molecule has 2 rings (SSSR count). The summed E-state index contributed by atoms with van der Waals surface area (Å²) in [6, 6.07) is 9.83. The first-order valence-electron chi connectivity index (χ1n) is 9.63. The van der Waals surface area contributed by atoms with Crippen LogP contribution in [0.15, 0.2) is 35.5 Å². The summed E-state index contributed by atoms with van der Waals surface area (Å²) in [7, 11) is 1.64. The molecule has 0 fully saturated rings. The Bertz CT molecular complexity index is 795. The summed E-state index contributed by atoms with van der Waals surface area (Å²) < 4.78 is 7.17. The van der Waals surface area contributed by atoms with Crippen LogP contribution < -0.4 is 5.32 Å². The van der Waals surface area contributed by atoms with Gasteiger partial charge in [0, 0.05) is 25.3 Å². The topological polar surface area (TPSA) is 89.4 Å². The molecule has 1 heterocycles. The van der Waals surface area contributed by atoms with Crippen LogP contribution in [-0.2, 0) is 20.9 Å². The molecule has 29 heavy (non-hydrogen) atoms. The van der Waals surface area contributed by atoms with Gasteiger partial charge in [0.05, 0.1) is 25.4 Å². The Morgan fingerprint density at radius 3 is 2.59 bits per heavy atom. The van der Waals surface area contributed by atoms with Crippen LogP contribution in [0.5, 0.6) is 0 Å². The molecule has 0 saturated carbocycles. The van der Waals surface area contributed by atoms with Gasteiger partial charge in [0.25, 0.3) is 0 Å². The Morgan fingerprint density at radius 1 is 1.24 bits per heavy atom. The van der Waals surface area contributed by atoms with Crippen LogP contribution in [0.25, 0.3) is 11.4 Å². The van der Waals surface area contributed by atoms with E-state index in [0.29, 0.717) is 24.9 Å². The molecule has 8 nitrogen and oxygen atoms in total. The molecule has 9 heteroatoms. The molecule has 1 aromatic heterocycles. The van der Waals surface area contributed by atoms with Crippen molar-refractivity contribution >= 4 is 23.6 Å². The Hall–Kier alpha value is -2.39. The third-order valence-corrected chi connectivity index (χ3v) is 5.06. The van der Waals surface area contributed by atoms with Crippen molar-refractivity contribution in [2.24, 2.45) is 0 Å². The lowest BCUT2D eigenvalue weighted by molar-refractivity contribution is -0.134. The summed E-state index contributed by atoms with van der Waals surface area (Å²) >= 11 is 1.32. The van der Waals surface area contributed by atoms with Gasteiger partial charge in [0.1, 0.15) is 0 Å². The maximum Gasteiger partial charge on any atom is 0.239 e. The van der Waals surface area contributed by atoms with Gasteiger partial charge >= 0.3 is 0 Å². The first-order chi connectivity index (χ1) is 14.0. The second-order valence-corrected chi connectivity index (χ2v) is 7.68. The van der Waals surface area contributed by atoms with E-state index >= 15 is 0 Å². The number of likely N-dealkylation sites (N-methyl/N-ethyl adjacent to an activating group) is 1. The number of rotatable bonds is 11. The Kier molecular flexibility index (Phi) is 9.14. The molecule has 0 radical (unpaired) electrons.